The van der Waals surface area contributed by atoms with Crippen molar-refractivity contribution in [2.75, 3.05) is 13.1 Å². The summed E-state index contributed by atoms with van der Waals surface area (Å²) in [5.41, 5.74) is 6.78. The highest BCUT2D eigenvalue weighted by molar-refractivity contribution is 9.10. The first kappa shape index (κ1) is 12.0. The summed E-state index contributed by atoms with van der Waals surface area (Å²) in [5, 5.41) is 0. The summed E-state index contributed by atoms with van der Waals surface area (Å²) < 4.78 is 14.6. The van der Waals surface area contributed by atoms with Gasteiger partial charge in [0.15, 0.2) is 0 Å². The van der Waals surface area contributed by atoms with E-state index >= 15 is 0 Å². The van der Waals surface area contributed by atoms with Crippen LogP contribution in [0.1, 0.15) is 24.9 Å². The molecule has 2 rings (SSSR count). The molecule has 1 aromatic rings. The van der Waals surface area contributed by atoms with Gasteiger partial charge in [0.2, 0.25) is 0 Å². The Bertz CT molecular complexity index is 383. The molecule has 0 spiro atoms. The lowest BCUT2D eigenvalue weighted by atomic mass is 10.0. The summed E-state index contributed by atoms with van der Waals surface area (Å²) in [5.74, 6) is -0.171. The van der Waals surface area contributed by atoms with Gasteiger partial charge in [-0.25, -0.2) is 4.39 Å². The second kappa shape index (κ2) is 4.82. The zero-order valence-electron chi connectivity index (χ0n) is 9.29. The van der Waals surface area contributed by atoms with Gasteiger partial charge in [-0.3, -0.25) is 4.90 Å². The van der Waals surface area contributed by atoms with E-state index in [9.17, 15) is 4.39 Å². The standard InChI is InChI=1S/C12H16BrFN2/c1-2-16-6-5-11(15)12(16)9-4-3-8(13)7-10(9)14/h3-4,7,11-12H,2,5-6,15H2,1H3. The molecule has 0 aromatic heterocycles. The van der Waals surface area contributed by atoms with E-state index in [0.717, 1.165) is 29.5 Å². The Balaban J connectivity index is 2.34. The predicted octanol–water partition coefficient (Wildman–Crippen LogP) is 2.68. The lowest BCUT2D eigenvalue weighted by Gasteiger charge is -2.26. The molecule has 0 bridgehead atoms. The van der Waals surface area contributed by atoms with Crippen molar-refractivity contribution in [1.29, 1.82) is 0 Å². The largest absolute Gasteiger partial charge is 0.326 e. The van der Waals surface area contributed by atoms with Crippen LogP contribution in [0.4, 0.5) is 4.39 Å². The van der Waals surface area contributed by atoms with Gasteiger partial charge < -0.3 is 5.73 Å². The van der Waals surface area contributed by atoms with Gasteiger partial charge in [0.1, 0.15) is 5.82 Å². The first-order valence-electron chi connectivity index (χ1n) is 5.58. The Morgan fingerprint density at radius 1 is 1.56 bits per heavy atom. The average Bonchev–Trinajstić information content (AvgIpc) is 2.60. The second-order valence-corrected chi connectivity index (χ2v) is 5.11. The molecule has 2 unspecified atom stereocenters. The Morgan fingerprint density at radius 2 is 2.31 bits per heavy atom. The number of hydrogen-bond acceptors (Lipinski definition) is 2. The molecule has 0 aliphatic carbocycles. The lowest BCUT2D eigenvalue weighted by molar-refractivity contribution is 0.255. The van der Waals surface area contributed by atoms with Crippen molar-refractivity contribution in [3.05, 3.63) is 34.1 Å². The van der Waals surface area contributed by atoms with E-state index in [1.807, 2.05) is 12.1 Å². The second-order valence-electron chi connectivity index (χ2n) is 4.19. The normalized spacial score (nSPS) is 26.2. The van der Waals surface area contributed by atoms with E-state index in [1.165, 1.54) is 6.07 Å². The minimum Gasteiger partial charge on any atom is -0.326 e. The van der Waals surface area contributed by atoms with Crippen LogP contribution >= 0.6 is 15.9 Å². The van der Waals surface area contributed by atoms with Gasteiger partial charge in [0, 0.05) is 22.6 Å². The van der Waals surface area contributed by atoms with E-state index in [2.05, 4.69) is 27.8 Å². The van der Waals surface area contributed by atoms with Crippen molar-refractivity contribution in [1.82, 2.24) is 4.90 Å². The summed E-state index contributed by atoms with van der Waals surface area (Å²) in [6, 6.07) is 5.28. The first-order valence-corrected chi connectivity index (χ1v) is 6.37. The van der Waals surface area contributed by atoms with E-state index in [1.54, 1.807) is 0 Å². The van der Waals surface area contributed by atoms with Crippen LogP contribution in [0.5, 0.6) is 0 Å². The Hall–Kier alpha value is -0.450. The van der Waals surface area contributed by atoms with Gasteiger partial charge >= 0.3 is 0 Å². The lowest BCUT2D eigenvalue weighted by Crippen LogP contribution is -2.32. The number of benzene rings is 1. The van der Waals surface area contributed by atoms with Crippen LogP contribution in [-0.2, 0) is 0 Å². The van der Waals surface area contributed by atoms with Crippen molar-refractivity contribution >= 4 is 15.9 Å². The number of likely N-dealkylation sites (N-methyl/N-ethyl adjacent to an activating group) is 1. The molecule has 0 saturated carbocycles. The highest BCUT2D eigenvalue weighted by Crippen LogP contribution is 2.33. The van der Waals surface area contributed by atoms with Crippen LogP contribution < -0.4 is 5.73 Å². The summed E-state index contributed by atoms with van der Waals surface area (Å²) in [7, 11) is 0. The fraction of sp³-hybridized carbons (Fsp3) is 0.500. The van der Waals surface area contributed by atoms with Gasteiger partial charge in [-0.1, -0.05) is 28.9 Å². The van der Waals surface area contributed by atoms with Crippen LogP contribution in [0.2, 0.25) is 0 Å². The van der Waals surface area contributed by atoms with Gasteiger partial charge in [-0.15, -0.1) is 0 Å². The smallest absolute Gasteiger partial charge is 0.129 e. The van der Waals surface area contributed by atoms with Crippen LogP contribution in [-0.4, -0.2) is 24.0 Å². The van der Waals surface area contributed by atoms with E-state index in [-0.39, 0.29) is 17.9 Å². The van der Waals surface area contributed by atoms with Crippen molar-refractivity contribution in [2.24, 2.45) is 5.73 Å². The zero-order valence-corrected chi connectivity index (χ0v) is 10.9. The molecule has 2 atom stereocenters. The Kier molecular flexibility index (Phi) is 3.62. The number of rotatable bonds is 2. The van der Waals surface area contributed by atoms with Gasteiger partial charge in [-0.05, 0) is 25.1 Å². The molecule has 1 aromatic carbocycles. The summed E-state index contributed by atoms with van der Waals surface area (Å²) in [4.78, 5) is 2.23. The van der Waals surface area contributed by atoms with Crippen LogP contribution in [0.25, 0.3) is 0 Å². The fourth-order valence-electron chi connectivity index (χ4n) is 2.41. The molecule has 16 heavy (non-hydrogen) atoms. The molecule has 0 amide bonds. The molecule has 1 aliphatic heterocycles. The van der Waals surface area contributed by atoms with Gasteiger partial charge in [-0.2, -0.15) is 0 Å². The van der Waals surface area contributed by atoms with Crippen molar-refractivity contribution < 1.29 is 4.39 Å². The van der Waals surface area contributed by atoms with E-state index in [4.69, 9.17) is 5.73 Å². The van der Waals surface area contributed by atoms with E-state index in [0.29, 0.717) is 0 Å². The maximum absolute atomic E-state index is 13.9. The Morgan fingerprint density at radius 3 is 2.94 bits per heavy atom. The van der Waals surface area contributed by atoms with Crippen molar-refractivity contribution in [2.45, 2.75) is 25.4 Å². The van der Waals surface area contributed by atoms with Gasteiger partial charge in [0.05, 0.1) is 6.04 Å². The molecular formula is C12H16BrFN2. The number of nitrogens with zero attached hydrogens (tertiary/aromatic N) is 1. The first-order chi connectivity index (χ1) is 7.63. The van der Waals surface area contributed by atoms with E-state index < -0.39 is 0 Å². The molecule has 1 heterocycles. The fourth-order valence-corrected chi connectivity index (χ4v) is 2.74. The molecule has 0 radical (unpaired) electrons. The van der Waals surface area contributed by atoms with Crippen molar-refractivity contribution in [3.8, 4) is 0 Å². The molecule has 1 saturated heterocycles. The molecule has 1 fully saturated rings. The molecule has 2 N–H and O–H groups in total. The summed E-state index contributed by atoms with van der Waals surface area (Å²) in [6.45, 7) is 3.95. The Labute approximate surface area is 104 Å². The average molecular weight is 287 g/mol. The highest BCUT2D eigenvalue weighted by Gasteiger charge is 2.33. The third-order valence-corrected chi connectivity index (χ3v) is 3.73. The van der Waals surface area contributed by atoms with Crippen LogP contribution in [0.15, 0.2) is 22.7 Å². The predicted molar refractivity (Wildman–Crippen MR) is 66.7 cm³/mol. The number of likely N-dealkylation sites (tertiary alicyclic amines) is 1. The van der Waals surface area contributed by atoms with Crippen molar-refractivity contribution in [3.63, 3.8) is 0 Å². The molecule has 1 aliphatic rings. The maximum atomic E-state index is 13.9. The summed E-state index contributed by atoms with van der Waals surface area (Å²) >= 11 is 3.27. The van der Waals surface area contributed by atoms with Gasteiger partial charge in [0.25, 0.3) is 0 Å². The molecular weight excluding hydrogens is 271 g/mol. The minimum atomic E-state index is -0.171. The minimum absolute atomic E-state index is 0.0260. The SMILES string of the molecule is CCN1CCC(N)C1c1ccc(Br)cc1F. The van der Waals surface area contributed by atoms with Crippen LogP contribution in [0, 0.1) is 5.82 Å². The highest BCUT2D eigenvalue weighted by atomic mass is 79.9. The summed E-state index contributed by atoms with van der Waals surface area (Å²) in [6.07, 6.45) is 0.939. The topological polar surface area (TPSA) is 29.3 Å². The molecule has 4 heteroatoms. The number of nitrogens with two attached hydrogens (primary N) is 1. The maximum Gasteiger partial charge on any atom is 0.129 e. The number of hydrogen-bond donors (Lipinski definition) is 1. The third kappa shape index (κ3) is 2.14. The third-order valence-electron chi connectivity index (χ3n) is 3.24. The number of halogens is 2. The monoisotopic (exact) mass is 286 g/mol. The molecule has 88 valence electrons. The zero-order chi connectivity index (χ0) is 11.7. The quantitative estimate of drug-likeness (QED) is 0.906. The molecule has 2 nitrogen and oxygen atoms in total. The van der Waals surface area contributed by atoms with Crippen LogP contribution in [0.3, 0.4) is 0 Å².